The molecule has 1 saturated heterocycles. The summed E-state index contributed by atoms with van der Waals surface area (Å²) < 4.78 is 0. The first-order valence-electron chi connectivity index (χ1n) is 6.19. The van der Waals surface area contributed by atoms with Crippen LogP contribution in [0.15, 0.2) is 18.6 Å². The zero-order chi connectivity index (χ0) is 10.8. The lowest BCUT2D eigenvalue weighted by Gasteiger charge is -2.26. The van der Waals surface area contributed by atoms with Crippen LogP contribution in [0.2, 0.25) is 0 Å². The summed E-state index contributed by atoms with van der Waals surface area (Å²) in [6.45, 7) is 2.26. The first-order chi connectivity index (χ1) is 7.93. The molecule has 1 saturated carbocycles. The molecule has 1 aromatic heterocycles. The van der Waals surface area contributed by atoms with Crippen LogP contribution < -0.4 is 10.2 Å². The molecule has 2 fully saturated rings. The molecule has 2 aliphatic rings. The number of anilines is 1. The summed E-state index contributed by atoms with van der Waals surface area (Å²) in [5.41, 5.74) is 0. The molecule has 1 aromatic rings. The average Bonchev–Trinajstić information content (AvgIpc) is 3.05. The minimum absolute atomic E-state index is 0.641. The number of nitrogens with zero attached hydrogens (tertiary/aromatic N) is 3. The quantitative estimate of drug-likeness (QED) is 0.824. The first kappa shape index (κ1) is 10.0. The van der Waals surface area contributed by atoms with E-state index in [1.807, 2.05) is 6.20 Å². The largest absolute Gasteiger partial charge is 0.351 e. The molecule has 86 valence electrons. The maximum absolute atomic E-state index is 4.42. The lowest BCUT2D eigenvalue weighted by Crippen LogP contribution is -2.39. The van der Waals surface area contributed by atoms with E-state index in [1.165, 1.54) is 32.2 Å². The van der Waals surface area contributed by atoms with E-state index in [4.69, 9.17) is 0 Å². The van der Waals surface area contributed by atoms with E-state index in [1.54, 1.807) is 12.4 Å². The molecular formula is C12H18N4. The Balaban J connectivity index is 1.71. The molecule has 4 nitrogen and oxygen atoms in total. The first-order valence-corrected chi connectivity index (χ1v) is 6.19. The molecule has 1 aliphatic heterocycles. The molecule has 2 heterocycles. The standard InChI is InChI=1S/C12H18N4/c1-2-10(14-5-1)9-16(11-3-4-11)12-8-13-6-7-15-12/h6-8,10-11,14H,1-5,9H2. The van der Waals surface area contributed by atoms with Crippen molar-refractivity contribution in [2.75, 3.05) is 18.0 Å². The van der Waals surface area contributed by atoms with Gasteiger partial charge in [-0.1, -0.05) is 0 Å². The maximum Gasteiger partial charge on any atom is 0.147 e. The second-order valence-electron chi connectivity index (χ2n) is 4.74. The van der Waals surface area contributed by atoms with E-state index in [0.717, 1.165) is 12.4 Å². The molecule has 1 atom stereocenters. The van der Waals surface area contributed by atoms with Gasteiger partial charge in [0, 0.05) is 31.0 Å². The molecular weight excluding hydrogens is 200 g/mol. The Bertz CT molecular complexity index is 330. The third-order valence-electron chi connectivity index (χ3n) is 3.41. The third-order valence-corrected chi connectivity index (χ3v) is 3.41. The third kappa shape index (κ3) is 2.16. The molecule has 4 heteroatoms. The Morgan fingerprint density at radius 2 is 2.25 bits per heavy atom. The van der Waals surface area contributed by atoms with Crippen LogP contribution in [0.1, 0.15) is 25.7 Å². The van der Waals surface area contributed by atoms with Crippen LogP contribution in [0.25, 0.3) is 0 Å². The van der Waals surface area contributed by atoms with Gasteiger partial charge in [-0.15, -0.1) is 0 Å². The summed E-state index contributed by atoms with van der Waals surface area (Å²) in [5, 5.41) is 3.55. The van der Waals surface area contributed by atoms with Crippen molar-refractivity contribution in [3.63, 3.8) is 0 Å². The lowest BCUT2D eigenvalue weighted by molar-refractivity contribution is 0.575. The zero-order valence-corrected chi connectivity index (χ0v) is 9.47. The SMILES string of the molecule is c1cnc(N(CC2CCCN2)C2CC2)cn1. The van der Waals surface area contributed by atoms with Crippen molar-refractivity contribution >= 4 is 5.82 Å². The molecule has 0 bridgehead atoms. The van der Waals surface area contributed by atoms with Crippen molar-refractivity contribution in [2.45, 2.75) is 37.8 Å². The molecule has 16 heavy (non-hydrogen) atoms. The molecule has 3 rings (SSSR count). The van der Waals surface area contributed by atoms with Crippen molar-refractivity contribution in [2.24, 2.45) is 0 Å². The van der Waals surface area contributed by atoms with Gasteiger partial charge in [-0.05, 0) is 32.2 Å². The van der Waals surface area contributed by atoms with Crippen LogP contribution in [0.3, 0.4) is 0 Å². The zero-order valence-electron chi connectivity index (χ0n) is 9.47. The Morgan fingerprint density at radius 1 is 1.31 bits per heavy atom. The molecule has 0 aromatic carbocycles. The van der Waals surface area contributed by atoms with E-state index in [2.05, 4.69) is 20.2 Å². The summed E-state index contributed by atoms with van der Waals surface area (Å²) >= 11 is 0. The van der Waals surface area contributed by atoms with Gasteiger partial charge >= 0.3 is 0 Å². The number of rotatable bonds is 4. The molecule has 0 spiro atoms. The van der Waals surface area contributed by atoms with E-state index in [-0.39, 0.29) is 0 Å². The smallest absolute Gasteiger partial charge is 0.147 e. The number of hydrogen-bond donors (Lipinski definition) is 1. The topological polar surface area (TPSA) is 41.1 Å². The summed E-state index contributed by atoms with van der Waals surface area (Å²) in [6, 6.07) is 1.35. The van der Waals surface area contributed by atoms with Crippen molar-refractivity contribution in [1.82, 2.24) is 15.3 Å². The molecule has 1 N–H and O–H groups in total. The highest BCUT2D eigenvalue weighted by Gasteiger charge is 2.32. The Kier molecular flexibility index (Phi) is 2.74. The van der Waals surface area contributed by atoms with Gasteiger partial charge in [-0.25, -0.2) is 4.98 Å². The van der Waals surface area contributed by atoms with Crippen LogP contribution in [0.5, 0.6) is 0 Å². The van der Waals surface area contributed by atoms with Crippen LogP contribution >= 0.6 is 0 Å². The molecule has 0 radical (unpaired) electrons. The van der Waals surface area contributed by atoms with E-state index in [0.29, 0.717) is 12.1 Å². The van der Waals surface area contributed by atoms with Crippen LogP contribution in [-0.2, 0) is 0 Å². The lowest BCUT2D eigenvalue weighted by atomic mass is 10.2. The molecule has 1 unspecified atom stereocenters. The number of hydrogen-bond acceptors (Lipinski definition) is 4. The van der Waals surface area contributed by atoms with Gasteiger partial charge in [0.1, 0.15) is 5.82 Å². The fraction of sp³-hybridized carbons (Fsp3) is 0.667. The Labute approximate surface area is 96.1 Å². The van der Waals surface area contributed by atoms with Crippen molar-refractivity contribution < 1.29 is 0 Å². The highest BCUT2D eigenvalue weighted by atomic mass is 15.3. The summed E-state index contributed by atoms with van der Waals surface area (Å²) in [7, 11) is 0. The van der Waals surface area contributed by atoms with Gasteiger partial charge in [-0.3, -0.25) is 4.98 Å². The van der Waals surface area contributed by atoms with Crippen LogP contribution in [0, 0.1) is 0 Å². The normalized spacial score (nSPS) is 24.6. The summed E-state index contributed by atoms with van der Waals surface area (Å²) in [5.74, 6) is 1.04. The highest BCUT2D eigenvalue weighted by Crippen LogP contribution is 2.30. The molecule has 1 aliphatic carbocycles. The van der Waals surface area contributed by atoms with E-state index in [9.17, 15) is 0 Å². The Hall–Kier alpha value is -1.16. The van der Waals surface area contributed by atoms with Gasteiger partial charge in [0.05, 0.1) is 6.20 Å². The van der Waals surface area contributed by atoms with Crippen molar-refractivity contribution in [1.29, 1.82) is 0 Å². The predicted octanol–water partition coefficient (Wildman–Crippen LogP) is 1.20. The minimum Gasteiger partial charge on any atom is -0.351 e. The van der Waals surface area contributed by atoms with Gasteiger partial charge in [0.25, 0.3) is 0 Å². The predicted molar refractivity (Wildman–Crippen MR) is 63.4 cm³/mol. The van der Waals surface area contributed by atoms with Gasteiger partial charge in [-0.2, -0.15) is 0 Å². The van der Waals surface area contributed by atoms with Gasteiger partial charge < -0.3 is 10.2 Å². The average molecular weight is 218 g/mol. The summed E-state index contributed by atoms with van der Waals surface area (Å²) in [6.07, 6.45) is 10.6. The van der Waals surface area contributed by atoms with E-state index < -0.39 is 0 Å². The fourth-order valence-corrected chi connectivity index (χ4v) is 2.41. The highest BCUT2D eigenvalue weighted by molar-refractivity contribution is 5.39. The van der Waals surface area contributed by atoms with Crippen LogP contribution in [0.4, 0.5) is 5.82 Å². The number of aromatic nitrogens is 2. The minimum atomic E-state index is 0.641. The molecule has 0 amide bonds. The monoisotopic (exact) mass is 218 g/mol. The number of nitrogens with one attached hydrogen (secondary N) is 1. The van der Waals surface area contributed by atoms with Gasteiger partial charge in [0.2, 0.25) is 0 Å². The second kappa shape index (κ2) is 4.37. The fourth-order valence-electron chi connectivity index (χ4n) is 2.41. The van der Waals surface area contributed by atoms with Crippen molar-refractivity contribution in [3.8, 4) is 0 Å². The summed E-state index contributed by atoms with van der Waals surface area (Å²) in [4.78, 5) is 11.0. The van der Waals surface area contributed by atoms with Crippen molar-refractivity contribution in [3.05, 3.63) is 18.6 Å². The van der Waals surface area contributed by atoms with Gasteiger partial charge in [0.15, 0.2) is 0 Å². The second-order valence-corrected chi connectivity index (χ2v) is 4.74. The Morgan fingerprint density at radius 3 is 2.88 bits per heavy atom. The van der Waals surface area contributed by atoms with E-state index >= 15 is 0 Å². The van der Waals surface area contributed by atoms with Crippen LogP contribution in [-0.4, -0.2) is 35.1 Å². The maximum atomic E-state index is 4.42.